The first-order valence-electron chi connectivity index (χ1n) is 7.57. The highest BCUT2D eigenvalue weighted by Gasteiger charge is 2.11. The van der Waals surface area contributed by atoms with Crippen molar-refractivity contribution in [3.63, 3.8) is 0 Å². The Bertz CT molecular complexity index is 956. The molecule has 1 heterocycles. The zero-order valence-corrected chi connectivity index (χ0v) is 14.6. The fourth-order valence-corrected chi connectivity index (χ4v) is 3.62. The monoisotopic (exact) mass is 342 g/mol. The molecule has 0 radical (unpaired) electrons. The van der Waals surface area contributed by atoms with Crippen LogP contribution in [0.5, 0.6) is 11.5 Å². The molecule has 0 fully saturated rings. The molecular weight excluding hydrogens is 324 g/mol. The Balaban J connectivity index is 2.07. The molecule has 124 valence electrons. The summed E-state index contributed by atoms with van der Waals surface area (Å²) < 4.78 is 13.6. The van der Waals surface area contributed by atoms with Gasteiger partial charge in [0.05, 0.1) is 24.4 Å². The van der Waals surface area contributed by atoms with Crippen molar-refractivity contribution in [1.29, 1.82) is 0 Å². The minimum atomic E-state index is -0.301. The van der Waals surface area contributed by atoms with Gasteiger partial charge in [0.2, 0.25) is 0 Å². The number of amides is 1. The van der Waals surface area contributed by atoms with Crippen molar-refractivity contribution >= 4 is 27.5 Å². The van der Waals surface area contributed by atoms with Gasteiger partial charge in [-0.15, -0.1) is 0 Å². The van der Waals surface area contributed by atoms with E-state index in [1.54, 1.807) is 32.4 Å². The summed E-state index contributed by atoms with van der Waals surface area (Å²) in [4.78, 5) is 17.6. The van der Waals surface area contributed by atoms with Crippen LogP contribution in [0.15, 0.2) is 47.5 Å². The average Bonchev–Trinajstić information content (AvgIpc) is 2.97. The lowest BCUT2D eigenvalue weighted by atomic mass is 10.2. The van der Waals surface area contributed by atoms with Gasteiger partial charge < -0.3 is 14.0 Å². The van der Waals surface area contributed by atoms with E-state index in [9.17, 15) is 4.79 Å². The van der Waals surface area contributed by atoms with Crippen LogP contribution in [0.1, 0.15) is 17.3 Å². The number of methoxy groups -OCH3 is 2. The molecule has 6 heteroatoms. The Labute approximate surface area is 143 Å². The number of aryl methyl sites for hydroxylation is 1. The van der Waals surface area contributed by atoms with Crippen LogP contribution in [0.3, 0.4) is 0 Å². The summed E-state index contributed by atoms with van der Waals surface area (Å²) in [5.74, 6) is 0.794. The second-order valence-electron chi connectivity index (χ2n) is 5.08. The van der Waals surface area contributed by atoms with Crippen LogP contribution in [0.25, 0.3) is 10.2 Å². The summed E-state index contributed by atoms with van der Waals surface area (Å²) in [5, 5.41) is 0. The van der Waals surface area contributed by atoms with Crippen LogP contribution in [-0.4, -0.2) is 24.7 Å². The molecule has 0 atom stereocenters. The lowest BCUT2D eigenvalue weighted by Crippen LogP contribution is -2.15. The van der Waals surface area contributed by atoms with E-state index in [-0.39, 0.29) is 5.91 Å². The molecule has 0 saturated carbocycles. The Hall–Kier alpha value is -2.60. The molecule has 0 aliphatic heterocycles. The van der Waals surface area contributed by atoms with Gasteiger partial charge >= 0.3 is 0 Å². The molecular formula is C18H18N2O3S. The number of para-hydroxylation sites is 1. The highest BCUT2D eigenvalue weighted by atomic mass is 32.1. The Morgan fingerprint density at radius 2 is 1.88 bits per heavy atom. The van der Waals surface area contributed by atoms with Crippen molar-refractivity contribution in [2.75, 3.05) is 14.2 Å². The van der Waals surface area contributed by atoms with E-state index in [0.29, 0.717) is 21.9 Å². The third-order valence-electron chi connectivity index (χ3n) is 3.73. The number of benzene rings is 2. The van der Waals surface area contributed by atoms with Gasteiger partial charge in [-0.3, -0.25) is 4.79 Å². The van der Waals surface area contributed by atoms with E-state index < -0.39 is 0 Å². The molecule has 1 amide bonds. The number of ether oxygens (including phenoxy) is 2. The van der Waals surface area contributed by atoms with Gasteiger partial charge in [-0.25, -0.2) is 0 Å². The van der Waals surface area contributed by atoms with Gasteiger partial charge in [-0.2, -0.15) is 4.99 Å². The summed E-state index contributed by atoms with van der Waals surface area (Å²) in [6.45, 7) is 2.79. The van der Waals surface area contributed by atoms with Gasteiger partial charge in [0, 0.05) is 12.1 Å². The van der Waals surface area contributed by atoms with Gasteiger partial charge in [0.1, 0.15) is 0 Å². The number of hydrogen-bond donors (Lipinski definition) is 0. The van der Waals surface area contributed by atoms with Crippen LogP contribution in [0.2, 0.25) is 0 Å². The van der Waals surface area contributed by atoms with Crippen molar-refractivity contribution < 1.29 is 14.3 Å². The Morgan fingerprint density at radius 1 is 1.12 bits per heavy atom. The molecule has 24 heavy (non-hydrogen) atoms. The first kappa shape index (κ1) is 16.3. The molecule has 0 aliphatic carbocycles. The minimum Gasteiger partial charge on any atom is -0.493 e. The molecule has 0 aliphatic rings. The normalized spacial score (nSPS) is 11.7. The summed E-state index contributed by atoms with van der Waals surface area (Å²) >= 11 is 1.51. The van der Waals surface area contributed by atoms with Crippen LogP contribution in [0.4, 0.5) is 0 Å². The van der Waals surface area contributed by atoms with E-state index in [4.69, 9.17) is 9.47 Å². The topological polar surface area (TPSA) is 52.8 Å². The quantitative estimate of drug-likeness (QED) is 0.729. The predicted octanol–water partition coefficient (Wildman–Crippen LogP) is 3.48. The largest absolute Gasteiger partial charge is 0.493 e. The van der Waals surface area contributed by atoms with E-state index in [2.05, 4.69) is 4.99 Å². The van der Waals surface area contributed by atoms with Crippen molar-refractivity contribution in [2.45, 2.75) is 13.5 Å². The first-order chi connectivity index (χ1) is 11.7. The van der Waals surface area contributed by atoms with Crippen molar-refractivity contribution in [3.05, 3.63) is 52.8 Å². The van der Waals surface area contributed by atoms with Crippen LogP contribution in [0, 0.1) is 0 Å². The van der Waals surface area contributed by atoms with Gasteiger partial charge in [0.25, 0.3) is 5.91 Å². The first-order valence-corrected chi connectivity index (χ1v) is 8.39. The molecule has 0 spiro atoms. The molecule has 3 rings (SSSR count). The summed E-state index contributed by atoms with van der Waals surface area (Å²) in [6, 6.07) is 13.1. The fourth-order valence-electron chi connectivity index (χ4n) is 2.53. The average molecular weight is 342 g/mol. The lowest BCUT2D eigenvalue weighted by molar-refractivity contribution is 0.0997. The third kappa shape index (κ3) is 2.92. The number of hydrogen-bond acceptors (Lipinski definition) is 4. The molecule has 2 aromatic carbocycles. The van der Waals surface area contributed by atoms with E-state index in [0.717, 1.165) is 16.8 Å². The maximum atomic E-state index is 12.6. The smallest absolute Gasteiger partial charge is 0.279 e. The Kier molecular flexibility index (Phi) is 4.66. The van der Waals surface area contributed by atoms with Crippen molar-refractivity contribution in [2.24, 2.45) is 4.99 Å². The number of rotatable bonds is 4. The van der Waals surface area contributed by atoms with Crippen LogP contribution in [-0.2, 0) is 6.54 Å². The highest BCUT2D eigenvalue weighted by molar-refractivity contribution is 7.16. The molecule has 0 bridgehead atoms. The number of fused-ring (bicyclic) bond motifs is 1. The summed E-state index contributed by atoms with van der Waals surface area (Å²) in [6.07, 6.45) is 0. The third-order valence-corrected chi connectivity index (χ3v) is 4.79. The zero-order valence-electron chi connectivity index (χ0n) is 13.8. The number of thiazole rings is 1. The predicted molar refractivity (Wildman–Crippen MR) is 94.9 cm³/mol. The van der Waals surface area contributed by atoms with Gasteiger partial charge in [-0.1, -0.05) is 23.5 Å². The molecule has 5 nitrogen and oxygen atoms in total. The van der Waals surface area contributed by atoms with Crippen molar-refractivity contribution in [3.8, 4) is 11.5 Å². The molecule has 0 saturated heterocycles. The SMILES string of the molecule is CCn1c(=NC(=O)c2ccc(OC)c(OC)c2)sc2ccccc21. The molecule has 0 N–H and O–H groups in total. The summed E-state index contributed by atoms with van der Waals surface area (Å²) in [7, 11) is 3.10. The second-order valence-corrected chi connectivity index (χ2v) is 6.09. The lowest BCUT2D eigenvalue weighted by Gasteiger charge is -2.07. The molecule has 3 aromatic rings. The van der Waals surface area contributed by atoms with Crippen LogP contribution < -0.4 is 14.3 Å². The number of carbonyl (C=O) groups is 1. The van der Waals surface area contributed by atoms with E-state index >= 15 is 0 Å². The Morgan fingerprint density at radius 3 is 2.58 bits per heavy atom. The summed E-state index contributed by atoms with van der Waals surface area (Å²) in [5.41, 5.74) is 1.55. The maximum Gasteiger partial charge on any atom is 0.279 e. The minimum absolute atomic E-state index is 0.301. The maximum absolute atomic E-state index is 12.6. The molecule has 0 unspecified atom stereocenters. The van der Waals surface area contributed by atoms with E-state index in [1.165, 1.54) is 11.3 Å². The van der Waals surface area contributed by atoms with Crippen LogP contribution >= 0.6 is 11.3 Å². The van der Waals surface area contributed by atoms with Crippen molar-refractivity contribution in [1.82, 2.24) is 4.57 Å². The number of aromatic nitrogens is 1. The fraction of sp³-hybridized carbons (Fsp3) is 0.222. The van der Waals surface area contributed by atoms with Gasteiger partial charge in [0.15, 0.2) is 16.3 Å². The zero-order chi connectivity index (χ0) is 17.1. The van der Waals surface area contributed by atoms with Gasteiger partial charge in [-0.05, 0) is 37.3 Å². The standard InChI is InChI=1S/C18H18N2O3S/c1-4-20-13-7-5-6-8-16(13)24-18(20)19-17(21)12-9-10-14(22-2)15(11-12)23-3/h5-11H,4H2,1-3H3. The second kappa shape index (κ2) is 6.88. The molecule has 1 aromatic heterocycles. The van der Waals surface area contributed by atoms with E-state index in [1.807, 2.05) is 35.8 Å². The number of carbonyl (C=O) groups excluding carboxylic acids is 1. The highest BCUT2D eigenvalue weighted by Crippen LogP contribution is 2.27. The number of nitrogens with zero attached hydrogens (tertiary/aromatic N) is 2.